The summed E-state index contributed by atoms with van der Waals surface area (Å²) in [7, 11) is 0. The Morgan fingerprint density at radius 1 is 0.724 bits per heavy atom. The summed E-state index contributed by atoms with van der Waals surface area (Å²) in [6.07, 6.45) is 9.85. The van der Waals surface area contributed by atoms with Gasteiger partial charge in [-0.3, -0.25) is 0 Å². The molecule has 0 radical (unpaired) electrons. The highest BCUT2D eigenvalue weighted by Crippen LogP contribution is 2.24. The molecule has 1 aromatic rings. The van der Waals surface area contributed by atoms with Gasteiger partial charge in [0.25, 0.3) is 5.97 Å². The molecule has 5 heteroatoms. The fraction of sp³-hybridized carbons (Fsp3) is 0.708. The summed E-state index contributed by atoms with van der Waals surface area (Å²) in [6.45, 7) is 8.16. The van der Waals surface area contributed by atoms with E-state index in [2.05, 4.69) is 0 Å². The second kappa shape index (κ2) is 16.4. The predicted octanol–water partition coefficient (Wildman–Crippen LogP) is 6.12. The molecule has 5 nitrogen and oxygen atoms in total. The summed E-state index contributed by atoms with van der Waals surface area (Å²) in [4.78, 5) is 11.8. The molecular formula is C24H40O5. The lowest BCUT2D eigenvalue weighted by molar-refractivity contribution is -0.380. The molecular weight excluding hydrogens is 368 g/mol. The first-order valence-electron chi connectivity index (χ1n) is 11.3. The summed E-state index contributed by atoms with van der Waals surface area (Å²) in [5, 5.41) is 0. The maximum Gasteiger partial charge on any atom is 0.338 e. The zero-order valence-corrected chi connectivity index (χ0v) is 18.6. The van der Waals surface area contributed by atoms with Crippen LogP contribution in [0.3, 0.4) is 0 Å². The summed E-state index contributed by atoms with van der Waals surface area (Å²) in [5.41, 5.74) is 0.620. The molecule has 0 spiro atoms. The Morgan fingerprint density at radius 3 is 1.72 bits per heavy atom. The SMILES string of the molecule is CCOC(CCCCCCCCCCOC(=O)c1ccccc1)(OCC)OCC. The first-order chi connectivity index (χ1) is 14.2. The van der Waals surface area contributed by atoms with Crippen molar-refractivity contribution in [2.45, 2.75) is 84.5 Å². The second-order valence-corrected chi connectivity index (χ2v) is 7.06. The molecule has 0 atom stereocenters. The van der Waals surface area contributed by atoms with Gasteiger partial charge in [-0.1, -0.05) is 56.7 Å². The number of rotatable bonds is 18. The predicted molar refractivity (Wildman–Crippen MR) is 116 cm³/mol. The van der Waals surface area contributed by atoms with Gasteiger partial charge in [0.1, 0.15) is 0 Å². The van der Waals surface area contributed by atoms with Crippen molar-refractivity contribution < 1.29 is 23.7 Å². The average molecular weight is 409 g/mol. The minimum Gasteiger partial charge on any atom is -0.462 e. The maximum atomic E-state index is 11.8. The largest absolute Gasteiger partial charge is 0.462 e. The molecule has 0 aliphatic rings. The molecule has 0 aliphatic carbocycles. The Hall–Kier alpha value is -1.43. The van der Waals surface area contributed by atoms with E-state index in [0.717, 1.165) is 32.1 Å². The fourth-order valence-corrected chi connectivity index (χ4v) is 3.33. The van der Waals surface area contributed by atoms with Crippen molar-refractivity contribution in [1.29, 1.82) is 0 Å². The van der Waals surface area contributed by atoms with E-state index in [1.54, 1.807) is 12.1 Å². The highest BCUT2D eigenvalue weighted by Gasteiger charge is 2.31. The summed E-state index contributed by atoms with van der Waals surface area (Å²) in [5.74, 6) is -1.09. The molecule has 1 aromatic carbocycles. The van der Waals surface area contributed by atoms with E-state index in [9.17, 15) is 4.79 Å². The van der Waals surface area contributed by atoms with Crippen LogP contribution in [0.25, 0.3) is 0 Å². The third-order valence-corrected chi connectivity index (χ3v) is 4.71. The number of ether oxygens (including phenoxy) is 4. The maximum absolute atomic E-state index is 11.8. The number of hydrogen-bond donors (Lipinski definition) is 0. The smallest absolute Gasteiger partial charge is 0.338 e. The van der Waals surface area contributed by atoms with E-state index in [1.807, 2.05) is 39.0 Å². The van der Waals surface area contributed by atoms with Gasteiger partial charge in [0.05, 0.1) is 12.2 Å². The van der Waals surface area contributed by atoms with Crippen molar-refractivity contribution in [2.24, 2.45) is 0 Å². The standard InChI is InChI=1S/C24H40O5/c1-4-27-24(28-5-2,29-6-3)20-16-11-9-7-8-10-12-17-21-26-23(25)22-18-14-13-15-19-22/h13-15,18-19H,4-12,16-17,20-21H2,1-3H3. The molecule has 0 unspecified atom stereocenters. The number of benzene rings is 1. The first-order valence-corrected chi connectivity index (χ1v) is 11.3. The highest BCUT2D eigenvalue weighted by atomic mass is 16.9. The molecule has 166 valence electrons. The van der Waals surface area contributed by atoms with Gasteiger partial charge in [-0.15, -0.1) is 0 Å². The molecule has 0 aliphatic heterocycles. The van der Waals surface area contributed by atoms with E-state index in [1.165, 1.54) is 25.7 Å². The van der Waals surface area contributed by atoms with Crippen LogP contribution in [0.1, 0.15) is 88.9 Å². The zero-order valence-electron chi connectivity index (χ0n) is 18.6. The number of carbonyl (C=O) groups excluding carboxylic acids is 1. The van der Waals surface area contributed by atoms with Crippen molar-refractivity contribution in [1.82, 2.24) is 0 Å². The van der Waals surface area contributed by atoms with Crippen LogP contribution < -0.4 is 0 Å². The van der Waals surface area contributed by atoms with Crippen molar-refractivity contribution in [3.8, 4) is 0 Å². The first kappa shape index (κ1) is 25.6. The number of hydrogen-bond acceptors (Lipinski definition) is 5. The van der Waals surface area contributed by atoms with Crippen LogP contribution in [0.15, 0.2) is 30.3 Å². The minimum atomic E-state index is -0.866. The van der Waals surface area contributed by atoms with Gasteiger partial charge in [0, 0.05) is 26.2 Å². The van der Waals surface area contributed by atoms with Gasteiger partial charge in [-0.05, 0) is 45.7 Å². The van der Waals surface area contributed by atoms with Crippen LogP contribution >= 0.6 is 0 Å². The molecule has 29 heavy (non-hydrogen) atoms. The minimum absolute atomic E-state index is 0.229. The van der Waals surface area contributed by atoms with Gasteiger partial charge in [0.2, 0.25) is 0 Å². The molecule has 0 saturated heterocycles. The number of carbonyl (C=O) groups is 1. The van der Waals surface area contributed by atoms with E-state index in [0.29, 0.717) is 32.0 Å². The molecule has 0 fully saturated rings. The molecule has 1 rings (SSSR count). The Balaban J connectivity index is 2.01. The highest BCUT2D eigenvalue weighted by molar-refractivity contribution is 5.89. The lowest BCUT2D eigenvalue weighted by atomic mass is 10.1. The third-order valence-electron chi connectivity index (χ3n) is 4.71. The van der Waals surface area contributed by atoms with Crippen molar-refractivity contribution in [3.63, 3.8) is 0 Å². The van der Waals surface area contributed by atoms with Crippen LogP contribution in [0.4, 0.5) is 0 Å². The van der Waals surface area contributed by atoms with Crippen LogP contribution in [0.2, 0.25) is 0 Å². The van der Waals surface area contributed by atoms with Crippen LogP contribution in [-0.4, -0.2) is 38.4 Å². The van der Waals surface area contributed by atoms with E-state index < -0.39 is 5.97 Å². The number of esters is 1. The Labute approximate surface area is 177 Å². The topological polar surface area (TPSA) is 54.0 Å². The third kappa shape index (κ3) is 11.4. The molecule has 0 bridgehead atoms. The summed E-state index contributed by atoms with van der Waals surface area (Å²) in [6, 6.07) is 9.15. The summed E-state index contributed by atoms with van der Waals surface area (Å²) >= 11 is 0. The Bertz CT molecular complexity index is 500. The molecule has 0 N–H and O–H groups in total. The van der Waals surface area contributed by atoms with Gasteiger partial charge < -0.3 is 18.9 Å². The van der Waals surface area contributed by atoms with E-state index >= 15 is 0 Å². The Morgan fingerprint density at radius 2 is 1.21 bits per heavy atom. The monoisotopic (exact) mass is 408 g/mol. The van der Waals surface area contributed by atoms with Gasteiger partial charge >= 0.3 is 5.97 Å². The normalized spacial score (nSPS) is 11.6. The van der Waals surface area contributed by atoms with Crippen LogP contribution in [0.5, 0.6) is 0 Å². The quantitative estimate of drug-likeness (QED) is 0.166. The zero-order chi connectivity index (χ0) is 21.2. The van der Waals surface area contributed by atoms with Gasteiger partial charge in [0.15, 0.2) is 0 Å². The average Bonchev–Trinajstić information content (AvgIpc) is 2.73. The van der Waals surface area contributed by atoms with Crippen molar-refractivity contribution >= 4 is 5.97 Å². The van der Waals surface area contributed by atoms with E-state index in [-0.39, 0.29) is 5.97 Å². The number of unbranched alkanes of at least 4 members (excludes halogenated alkanes) is 7. The second-order valence-electron chi connectivity index (χ2n) is 7.06. The Kier molecular flexibility index (Phi) is 14.5. The van der Waals surface area contributed by atoms with Crippen molar-refractivity contribution in [3.05, 3.63) is 35.9 Å². The molecule has 0 amide bonds. The summed E-state index contributed by atoms with van der Waals surface area (Å²) < 4.78 is 22.6. The van der Waals surface area contributed by atoms with Crippen molar-refractivity contribution in [2.75, 3.05) is 26.4 Å². The lowest BCUT2D eigenvalue weighted by Crippen LogP contribution is -2.39. The fourth-order valence-electron chi connectivity index (χ4n) is 3.33. The lowest BCUT2D eigenvalue weighted by Gasteiger charge is -2.32. The molecule has 0 saturated carbocycles. The molecule has 0 aromatic heterocycles. The molecule has 0 heterocycles. The van der Waals surface area contributed by atoms with Gasteiger partial charge in [-0.25, -0.2) is 4.79 Å². The van der Waals surface area contributed by atoms with Crippen LogP contribution in [-0.2, 0) is 18.9 Å². The van der Waals surface area contributed by atoms with Gasteiger partial charge in [-0.2, -0.15) is 0 Å². The van der Waals surface area contributed by atoms with E-state index in [4.69, 9.17) is 18.9 Å². The van der Waals surface area contributed by atoms with Crippen LogP contribution in [0, 0.1) is 0 Å².